The molecule has 1 aromatic carbocycles. The number of nitrogens with one attached hydrogen (secondary N) is 2. The molecule has 0 radical (unpaired) electrons. The standard InChI is InChI=1S/C15H21N3O5/c1-18(2)14(21)9-17-13(20)10-23-15(22)11-5-3-4-6-12(11)16-7-8-19/h3-6,16,19H,7-10H2,1-2H3,(H,17,20). The van der Waals surface area contributed by atoms with Crippen LogP contribution in [0.1, 0.15) is 10.4 Å². The molecule has 0 unspecified atom stereocenters. The van der Waals surface area contributed by atoms with Crippen LogP contribution in [0.4, 0.5) is 5.69 Å². The molecular weight excluding hydrogens is 302 g/mol. The number of rotatable bonds is 8. The van der Waals surface area contributed by atoms with E-state index in [1.54, 1.807) is 38.4 Å². The summed E-state index contributed by atoms with van der Waals surface area (Å²) in [5.74, 6) is -1.49. The second-order valence-corrected chi connectivity index (χ2v) is 4.84. The molecule has 0 atom stereocenters. The summed E-state index contributed by atoms with van der Waals surface area (Å²) in [6.07, 6.45) is 0. The molecule has 126 valence electrons. The molecule has 1 aromatic rings. The minimum absolute atomic E-state index is 0.0777. The Labute approximate surface area is 134 Å². The number of hydrogen-bond acceptors (Lipinski definition) is 6. The number of hydrogen-bond donors (Lipinski definition) is 3. The zero-order chi connectivity index (χ0) is 17.2. The van der Waals surface area contributed by atoms with E-state index in [9.17, 15) is 14.4 Å². The number of aliphatic hydroxyl groups is 1. The third kappa shape index (κ3) is 6.35. The number of likely N-dealkylation sites (N-methyl/N-ethyl adjacent to an activating group) is 1. The van der Waals surface area contributed by atoms with Gasteiger partial charge in [-0.2, -0.15) is 0 Å². The molecule has 0 aliphatic rings. The fourth-order valence-electron chi connectivity index (χ4n) is 1.60. The highest BCUT2D eigenvalue weighted by atomic mass is 16.5. The molecule has 8 heteroatoms. The summed E-state index contributed by atoms with van der Waals surface area (Å²) in [5.41, 5.74) is 0.771. The number of para-hydroxylation sites is 1. The molecule has 1 rings (SSSR count). The largest absolute Gasteiger partial charge is 0.452 e. The molecule has 0 fully saturated rings. The Morgan fingerprint density at radius 2 is 1.91 bits per heavy atom. The Morgan fingerprint density at radius 1 is 1.22 bits per heavy atom. The van der Waals surface area contributed by atoms with Crippen LogP contribution in [-0.4, -0.2) is 68.2 Å². The Kier molecular flexibility index (Phi) is 7.55. The van der Waals surface area contributed by atoms with E-state index in [-0.39, 0.29) is 31.2 Å². The van der Waals surface area contributed by atoms with Gasteiger partial charge in [-0.15, -0.1) is 0 Å². The number of aliphatic hydroxyl groups excluding tert-OH is 1. The highest BCUT2D eigenvalue weighted by Gasteiger charge is 2.14. The van der Waals surface area contributed by atoms with Gasteiger partial charge in [0.15, 0.2) is 6.61 Å². The van der Waals surface area contributed by atoms with Crippen LogP contribution in [0.15, 0.2) is 24.3 Å². The number of ether oxygens (including phenoxy) is 1. The lowest BCUT2D eigenvalue weighted by Gasteiger charge is -2.12. The van der Waals surface area contributed by atoms with E-state index in [0.29, 0.717) is 5.69 Å². The van der Waals surface area contributed by atoms with E-state index in [2.05, 4.69) is 10.6 Å². The van der Waals surface area contributed by atoms with Gasteiger partial charge < -0.3 is 25.4 Å². The number of esters is 1. The molecule has 3 N–H and O–H groups in total. The van der Waals surface area contributed by atoms with Crippen molar-refractivity contribution in [2.75, 3.05) is 45.7 Å². The predicted octanol–water partition coefficient (Wildman–Crippen LogP) is -0.548. The van der Waals surface area contributed by atoms with Crippen LogP contribution in [0, 0.1) is 0 Å². The van der Waals surface area contributed by atoms with Gasteiger partial charge in [-0.3, -0.25) is 9.59 Å². The normalized spacial score (nSPS) is 9.87. The van der Waals surface area contributed by atoms with Crippen LogP contribution in [0.25, 0.3) is 0 Å². The number of carbonyl (C=O) groups is 3. The molecule has 2 amide bonds. The van der Waals surface area contributed by atoms with E-state index in [4.69, 9.17) is 9.84 Å². The molecule has 23 heavy (non-hydrogen) atoms. The third-order valence-electron chi connectivity index (χ3n) is 2.84. The average molecular weight is 323 g/mol. The number of nitrogens with zero attached hydrogens (tertiary/aromatic N) is 1. The fourth-order valence-corrected chi connectivity index (χ4v) is 1.60. The first-order valence-electron chi connectivity index (χ1n) is 7.03. The maximum absolute atomic E-state index is 12.0. The molecule has 0 aromatic heterocycles. The summed E-state index contributed by atoms with van der Waals surface area (Å²) in [6, 6.07) is 6.62. The first kappa shape index (κ1) is 18.4. The predicted molar refractivity (Wildman–Crippen MR) is 84.0 cm³/mol. The molecule has 8 nitrogen and oxygen atoms in total. The zero-order valence-electron chi connectivity index (χ0n) is 13.2. The number of carbonyl (C=O) groups excluding carboxylic acids is 3. The van der Waals surface area contributed by atoms with Crippen molar-refractivity contribution in [1.29, 1.82) is 0 Å². The van der Waals surface area contributed by atoms with Gasteiger partial charge in [0.25, 0.3) is 5.91 Å². The molecule has 0 aliphatic heterocycles. The van der Waals surface area contributed by atoms with Crippen molar-refractivity contribution < 1.29 is 24.2 Å². The lowest BCUT2D eigenvalue weighted by atomic mass is 10.2. The van der Waals surface area contributed by atoms with Crippen LogP contribution in [0.5, 0.6) is 0 Å². The summed E-state index contributed by atoms with van der Waals surface area (Å²) >= 11 is 0. The van der Waals surface area contributed by atoms with Gasteiger partial charge in [0.1, 0.15) is 0 Å². The minimum atomic E-state index is -0.667. The number of amides is 2. The van der Waals surface area contributed by atoms with E-state index >= 15 is 0 Å². The minimum Gasteiger partial charge on any atom is -0.452 e. The first-order chi connectivity index (χ1) is 11.0. The van der Waals surface area contributed by atoms with Crippen molar-refractivity contribution in [2.45, 2.75) is 0 Å². The van der Waals surface area contributed by atoms with Crippen molar-refractivity contribution in [3.8, 4) is 0 Å². The lowest BCUT2D eigenvalue weighted by Crippen LogP contribution is -2.38. The monoisotopic (exact) mass is 323 g/mol. The topological polar surface area (TPSA) is 108 Å². The van der Waals surface area contributed by atoms with Gasteiger partial charge in [0, 0.05) is 26.3 Å². The van der Waals surface area contributed by atoms with Gasteiger partial charge in [-0.1, -0.05) is 12.1 Å². The maximum atomic E-state index is 12.0. The number of benzene rings is 1. The van der Waals surface area contributed by atoms with Gasteiger partial charge in [-0.25, -0.2) is 4.79 Å². The van der Waals surface area contributed by atoms with Crippen LogP contribution >= 0.6 is 0 Å². The summed E-state index contributed by atoms with van der Waals surface area (Å²) in [4.78, 5) is 36.2. The smallest absolute Gasteiger partial charge is 0.340 e. The average Bonchev–Trinajstić information content (AvgIpc) is 2.55. The fraction of sp³-hybridized carbons (Fsp3) is 0.400. The van der Waals surface area contributed by atoms with Gasteiger partial charge in [-0.05, 0) is 12.1 Å². The second kappa shape index (κ2) is 9.42. The van der Waals surface area contributed by atoms with E-state index in [1.165, 1.54) is 4.90 Å². The highest BCUT2D eigenvalue weighted by Crippen LogP contribution is 2.15. The number of anilines is 1. The molecular formula is C15H21N3O5. The van der Waals surface area contributed by atoms with Crippen molar-refractivity contribution >= 4 is 23.5 Å². The van der Waals surface area contributed by atoms with Crippen molar-refractivity contribution in [2.24, 2.45) is 0 Å². The summed E-state index contributed by atoms with van der Waals surface area (Å²) < 4.78 is 4.92. The quantitative estimate of drug-likeness (QED) is 0.554. The summed E-state index contributed by atoms with van der Waals surface area (Å²) in [5, 5.41) is 14.1. The third-order valence-corrected chi connectivity index (χ3v) is 2.84. The van der Waals surface area contributed by atoms with Crippen molar-refractivity contribution in [3.63, 3.8) is 0 Å². The van der Waals surface area contributed by atoms with E-state index in [0.717, 1.165) is 0 Å². The zero-order valence-corrected chi connectivity index (χ0v) is 13.2. The van der Waals surface area contributed by atoms with Crippen LogP contribution < -0.4 is 10.6 Å². The Morgan fingerprint density at radius 3 is 2.57 bits per heavy atom. The van der Waals surface area contributed by atoms with Crippen molar-refractivity contribution in [3.05, 3.63) is 29.8 Å². The van der Waals surface area contributed by atoms with Crippen molar-refractivity contribution in [1.82, 2.24) is 10.2 Å². The Hall–Kier alpha value is -2.61. The Balaban J connectivity index is 2.50. The van der Waals surface area contributed by atoms with Gasteiger partial charge >= 0.3 is 5.97 Å². The first-order valence-corrected chi connectivity index (χ1v) is 7.03. The molecule has 0 aliphatic carbocycles. The van der Waals surface area contributed by atoms with Crippen LogP contribution in [0.2, 0.25) is 0 Å². The van der Waals surface area contributed by atoms with Gasteiger partial charge in [0.05, 0.1) is 18.7 Å². The SMILES string of the molecule is CN(C)C(=O)CNC(=O)COC(=O)c1ccccc1NCCO. The molecule has 0 heterocycles. The van der Waals surface area contributed by atoms with Crippen LogP contribution in [-0.2, 0) is 14.3 Å². The highest BCUT2D eigenvalue weighted by molar-refractivity contribution is 5.97. The van der Waals surface area contributed by atoms with Crippen LogP contribution in [0.3, 0.4) is 0 Å². The van der Waals surface area contributed by atoms with Gasteiger partial charge in [0.2, 0.25) is 5.91 Å². The maximum Gasteiger partial charge on any atom is 0.340 e. The Bertz CT molecular complexity index is 560. The lowest BCUT2D eigenvalue weighted by molar-refractivity contribution is -0.131. The summed E-state index contributed by atoms with van der Waals surface area (Å²) in [6.45, 7) is -0.422. The second-order valence-electron chi connectivity index (χ2n) is 4.84. The van der Waals surface area contributed by atoms with E-state index in [1.807, 2.05) is 0 Å². The molecule has 0 saturated heterocycles. The van der Waals surface area contributed by atoms with E-state index < -0.39 is 18.5 Å². The summed E-state index contributed by atoms with van der Waals surface area (Å²) in [7, 11) is 3.15. The molecule has 0 bridgehead atoms. The molecule has 0 spiro atoms. The molecule has 0 saturated carbocycles.